The van der Waals surface area contributed by atoms with E-state index >= 15 is 0 Å². The maximum Gasteiger partial charge on any atom is 0.315 e. The van der Waals surface area contributed by atoms with E-state index in [1.165, 1.54) is 36.0 Å². The third-order valence-electron chi connectivity index (χ3n) is 3.18. The molecule has 1 heterocycles. The van der Waals surface area contributed by atoms with E-state index in [2.05, 4.69) is 15.5 Å². The Labute approximate surface area is 141 Å². The number of nitrogens with one attached hydrogen (secondary N) is 1. The predicted octanol–water partition coefficient (Wildman–Crippen LogP) is 2.53. The summed E-state index contributed by atoms with van der Waals surface area (Å²) in [5.74, 6) is 6.04. The van der Waals surface area contributed by atoms with Crippen LogP contribution in [0, 0.1) is 5.82 Å². The molecule has 3 rings (SSSR count). The molecular weight excluding hydrogens is 329 g/mol. The van der Waals surface area contributed by atoms with E-state index < -0.39 is 5.56 Å². The van der Waals surface area contributed by atoms with E-state index in [1.54, 1.807) is 0 Å². The molecule has 6 nitrogen and oxygen atoms in total. The van der Waals surface area contributed by atoms with Crippen molar-refractivity contribution in [1.29, 1.82) is 0 Å². The van der Waals surface area contributed by atoms with Crippen molar-refractivity contribution < 1.29 is 4.39 Å². The second-order valence-electron chi connectivity index (χ2n) is 4.91. The Kier molecular flexibility index (Phi) is 4.76. The summed E-state index contributed by atoms with van der Waals surface area (Å²) in [6, 6.07) is 15.3. The standard InChI is InChI=1S/C16H14FN5OS/c17-12-6-8-13(9-7-12)19-14-15(23)22(18)16(21-20-14)24-10-11-4-2-1-3-5-11/h1-9H,10,18H2,(H,19,20). The van der Waals surface area contributed by atoms with Crippen LogP contribution in [0.15, 0.2) is 64.5 Å². The van der Waals surface area contributed by atoms with Crippen molar-refractivity contribution in [3.8, 4) is 0 Å². The molecule has 0 atom stereocenters. The van der Waals surface area contributed by atoms with Gasteiger partial charge in [-0.05, 0) is 29.8 Å². The quantitative estimate of drug-likeness (QED) is 0.547. The highest BCUT2D eigenvalue weighted by Crippen LogP contribution is 2.19. The zero-order valence-electron chi connectivity index (χ0n) is 12.5. The van der Waals surface area contributed by atoms with Crippen molar-refractivity contribution >= 4 is 23.3 Å². The second kappa shape index (κ2) is 7.14. The Morgan fingerprint density at radius 1 is 1.08 bits per heavy atom. The Balaban J connectivity index is 1.76. The number of rotatable bonds is 5. The average molecular weight is 343 g/mol. The maximum atomic E-state index is 12.9. The molecule has 24 heavy (non-hydrogen) atoms. The van der Waals surface area contributed by atoms with Gasteiger partial charge in [0.25, 0.3) is 0 Å². The minimum Gasteiger partial charge on any atom is -0.334 e. The number of hydrogen-bond donors (Lipinski definition) is 2. The molecule has 3 aromatic rings. The fourth-order valence-corrected chi connectivity index (χ4v) is 2.76. The summed E-state index contributed by atoms with van der Waals surface area (Å²) in [5, 5.41) is 11.0. The van der Waals surface area contributed by atoms with Crippen LogP contribution in [-0.2, 0) is 5.75 Å². The molecule has 8 heteroatoms. The molecule has 0 aliphatic carbocycles. The van der Waals surface area contributed by atoms with Crippen LogP contribution in [0.4, 0.5) is 15.9 Å². The van der Waals surface area contributed by atoms with Crippen LogP contribution in [0.3, 0.4) is 0 Å². The molecule has 2 aromatic carbocycles. The largest absolute Gasteiger partial charge is 0.334 e. The summed E-state index contributed by atoms with van der Waals surface area (Å²) in [6.07, 6.45) is 0. The fraction of sp³-hybridized carbons (Fsp3) is 0.0625. The number of nitrogens with two attached hydrogens (primary N) is 1. The van der Waals surface area contributed by atoms with Gasteiger partial charge in [-0.1, -0.05) is 42.1 Å². The first-order valence-electron chi connectivity index (χ1n) is 7.07. The second-order valence-corrected chi connectivity index (χ2v) is 5.86. The Bertz CT molecular complexity index is 883. The molecule has 0 radical (unpaired) electrons. The smallest absolute Gasteiger partial charge is 0.315 e. The van der Waals surface area contributed by atoms with Crippen LogP contribution in [-0.4, -0.2) is 14.9 Å². The third kappa shape index (κ3) is 3.72. The number of nitrogen functional groups attached to an aromatic ring is 1. The average Bonchev–Trinajstić information content (AvgIpc) is 2.61. The lowest BCUT2D eigenvalue weighted by atomic mass is 10.2. The van der Waals surface area contributed by atoms with Crippen molar-refractivity contribution in [3.05, 3.63) is 76.3 Å². The molecule has 0 spiro atoms. The molecule has 0 bridgehead atoms. The van der Waals surface area contributed by atoms with Crippen LogP contribution >= 0.6 is 11.8 Å². The van der Waals surface area contributed by atoms with Gasteiger partial charge in [-0.15, -0.1) is 10.2 Å². The van der Waals surface area contributed by atoms with E-state index in [1.807, 2.05) is 30.3 Å². The highest BCUT2D eigenvalue weighted by Gasteiger charge is 2.11. The highest BCUT2D eigenvalue weighted by molar-refractivity contribution is 7.98. The normalized spacial score (nSPS) is 10.5. The van der Waals surface area contributed by atoms with Gasteiger partial charge in [0, 0.05) is 11.4 Å². The first-order chi connectivity index (χ1) is 11.6. The van der Waals surface area contributed by atoms with Crippen LogP contribution in [0.2, 0.25) is 0 Å². The van der Waals surface area contributed by atoms with Gasteiger partial charge in [0.05, 0.1) is 0 Å². The number of anilines is 2. The van der Waals surface area contributed by atoms with Crippen molar-refractivity contribution in [1.82, 2.24) is 14.9 Å². The molecule has 0 aliphatic rings. The topological polar surface area (TPSA) is 85.8 Å². The number of halogens is 1. The van der Waals surface area contributed by atoms with E-state index in [0.29, 0.717) is 16.6 Å². The van der Waals surface area contributed by atoms with Crippen LogP contribution < -0.4 is 16.7 Å². The summed E-state index contributed by atoms with van der Waals surface area (Å²) < 4.78 is 13.9. The number of aromatic nitrogens is 3. The van der Waals surface area contributed by atoms with E-state index in [-0.39, 0.29) is 11.6 Å². The minimum absolute atomic E-state index is 0.0202. The molecule has 1 aromatic heterocycles. The summed E-state index contributed by atoms with van der Waals surface area (Å²) in [4.78, 5) is 12.3. The van der Waals surface area contributed by atoms with Crippen LogP contribution in [0.25, 0.3) is 0 Å². The molecule has 0 aliphatic heterocycles. The zero-order chi connectivity index (χ0) is 16.9. The monoisotopic (exact) mass is 343 g/mol. The van der Waals surface area contributed by atoms with Crippen LogP contribution in [0.5, 0.6) is 0 Å². The first-order valence-corrected chi connectivity index (χ1v) is 8.06. The summed E-state index contributed by atoms with van der Waals surface area (Å²) in [7, 11) is 0. The first kappa shape index (κ1) is 16.0. The van der Waals surface area contributed by atoms with Gasteiger partial charge < -0.3 is 11.2 Å². The highest BCUT2D eigenvalue weighted by atomic mass is 32.2. The van der Waals surface area contributed by atoms with Gasteiger partial charge in [-0.25, -0.2) is 4.39 Å². The molecule has 122 valence electrons. The van der Waals surface area contributed by atoms with Gasteiger partial charge in [0.15, 0.2) is 0 Å². The molecule has 0 saturated carbocycles. The number of nitrogens with zero attached hydrogens (tertiary/aromatic N) is 3. The van der Waals surface area contributed by atoms with Gasteiger partial charge in [0.2, 0.25) is 11.0 Å². The summed E-state index contributed by atoms with van der Waals surface area (Å²) in [5.41, 5.74) is 1.10. The Morgan fingerprint density at radius 2 is 1.79 bits per heavy atom. The number of thioether (sulfide) groups is 1. The molecule has 3 N–H and O–H groups in total. The predicted molar refractivity (Wildman–Crippen MR) is 92.1 cm³/mol. The summed E-state index contributed by atoms with van der Waals surface area (Å²) >= 11 is 1.32. The Hall–Kier alpha value is -2.87. The van der Waals surface area contributed by atoms with Gasteiger partial charge in [0.1, 0.15) is 5.82 Å². The molecule has 0 saturated heterocycles. The van der Waals surface area contributed by atoms with Gasteiger partial charge in [-0.3, -0.25) is 4.79 Å². The van der Waals surface area contributed by atoms with Crippen molar-refractivity contribution in [3.63, 3.8) is 0 Å². The lowest BCUT2D eigenvalue weighted by Gasteiger charge is -2.09. The minimum atomic E-state index is -0.509. The third-order valence-corrected chi connectivity index (χ3v) is 4.19. The van der Waals surface area contributed by atoms with Gasteiger partial charge in [-0.2, -0.15) is 4.68 Å². The SMILES string of the molecule is Nn1c(SCc2ccccc2)nnc(Nc2ccc(F)cc2)c1=O. The fourth-order valence-electron chi connectivity index (χ4n) is 1.95. The molecular formula is C16H14FN5OS. The molecule has 0 amide bonds. The van der Waals surface area contributed by atoms with Crippen molar-refractivity contribution in [2.45, 2.75) is 10.9 Å². The number of hydrogen-bond acceptors (Lipinski definition) is 6. The molecule has 0 unspecified atom stereocenters. The lowest BCUT2D eigenvalue weighted by molar-refractivity contribution is 0.628. The zero-order valence-corrected chi connectivity index (χ0v) is 13.3. The van der Waals surface area contributed by atoms with Crippen molar-refractivity contribution in [2.24, 2.45) is 0 Å². The summed E-state index contributed by atoms with van der Waals surface area (Å²) in [6.45, 7) is 0. The van der Waals surface area contributed by atoms with Crippen molar-refractivity contribution in [2.75, 3.05) is 11.2 Å². The van der Waals surface area contributed by atoms with E-state index in [0.717, 1.165) is 10.2 Å². The lowest BCUT2D eigenvalue weighted by Crippen LogP contribution is -2.32. The maximum absolute atomic E-state index is 12.9. The Morgan fingerprint density at radius 3 is 2.50 bits per heavy atom. The van der Waals surface area contributed by atoms with E-state index in [4.69, 9.17) is 5.84 Å². The van der Waals surface area contributed by atoms with Crippen LogP contribution in [0.1, 0.15) is 5.56 Å². The van der Waals surface area contributed by atoms with Gasteiger partial charge >= 0.3 is 5.56 Å². The number of benzene rings is 2. The van der Waals surface area contributed by atoms with E-state index in [9.17, 15) is 9.18 Å². The molecule has 0 fully saturated rings.